The van der Waals surface area contributed by atoms with E-state index in [4.69, 9.17) is 5.11 Å². The van der Waals surface area contributed by atoms with Gasteiger partial charge in [0.2, 0.25) is 0 Å². The molecule has 26 heavy (non-hydrogen) atoms. The van der Waals surface area contributed by atoms with Gasteiger partial charge in [0.25, 0.3) is 10.0 Å². The Labute approximate surface area is 154 Å². The smallest absolute Gasteiger partial charge is 0.319 e. The number of urea groups is 1. The van der Waals surface area contributed by atoms with Crippen molar-refractivity contribution < 1.29 is 23.1 Å². The number of carbonyl (C=O) groups excluding carboxylic acids is 1. The highest BCUT2D eigenvalue weighted by atomic mass is 32.2. The summed E-state index contributed by atoms with van der Waals surface area (Å²) in [6, 6.07) is 10.1. The van der Waals surface area contributed by atoms with Gasteiger partial charge in [0.1, 0.15) is 10.8 Å². The lowest BCUT2D eigenvalue weighted by Crippen LogP contribution is -2.30. The standard InChI is InChI=1S/C16H17N3O5S2/c20-14(21)9-17-26(23,24)15-7-6-13(25-15)10-2-1-3-12(8-10)19-16(22)18-11-4-5-11/h1-3,6-8,11,17H,4-5,9H2,(H,20,21)(H2,18,19,22). The largest absolute Gasteiger partial charge is 0.480 e. The molecule has 8 nitrogen and oxygen atoms in total. The number of carboxylic acid groups (broad SMARTS) is 1. The van der Waals surface area contributed by atoms with Crippen LogP contribution < -0.4 is 15.4 Å². The molecule has 138 valence electrons. The first-order chi connectivity index (χ1) is 12.3. The maximum Gasteiger partial charge on any atom is 0.319 e. The maximum atomic E-state index is 12.1. The predicted molar refractivity (Wildman–Crippen MR) is 97.8 cm³/mol. The minimum Gasteiger partial charge on any atom is -0.480 e. The number of nitrogens with one attached hydrogen (secondary N) is 3. The number of hydrogen-bond acceptors (Lipinski definition) is 5. The Hall–Kier alpha value is -2.43. The van der Waals surface area contributed by atoms with Gasteiger partial charge in [-0.2, -0.15) is 4.72 Å². The predicted octanol–water partition coefficient (Wildman–Crippen LogP) is 2.06. The van der Waals surface area contributed by atoms with Crippen molar-refractivity contribution in [2.24, 2.45) is 0 Å². The van der Waals surface area contributed by atoms with Crippen molar-refractivity contribution in [3.63, 3.8) is 0 Å². The van der Waals surface area contributed by atoms with E-state index in [0.717, 1.165) is 29.7 Å². The Balaban J connectivity index is 1.73. The van der Waals surface area contributed by atoms with Crippen molar-refractivity contribution in [3.05, 3.63) is 36.4 Å². The number of carbonyl (C=O) groups is 2. The van der Waals surface area contributed by atoms with Crippen LogP contribution in [0.5, 0.6) is 0 Å². The SMILES string of the molecule is O=C(O)CNS(=O)(=O)c1ccc(-c2cccc(NC(=O)NC3CC3)c2)s1. The number of anilines is 1. The molecule has 2 aromatic rings. The van der Waals surface area contributed by atoms with Crippen molar-refractivity contribution in [1.82, 2.24) is 10.0 Å². The van der Waals surface area contributed by atoms with Crippen molar-refractivity contribution in [2.45, 2.75) is 23.1 Å². The summed E-state index contributed by atoms with van der Waals surface area (Å²) in [5, 5.41) is 14.2. The van der Waals surface area contributed by atoms with Gasteiger partial charge in [-0.1, -0.05) is 12.1 Å². The fourth-order valence-corrected chi connectivity index (χ4v) is 4.50. The molecule has 0 bridgehead atoms. The van der Waals surface area contributed by atoms with Crippen LogP contribution in [0.15, 0.2) is 40.6 Å². The fraction of sp³-hybridized carbons (Fsp3) is 0.250. The van der Waals surface area contributed by atoms with Crippen LogP contribution in [0.1, 0.15) is 12.8 Å². The first-order valence-corrected chi connectivity index (χ1v) is 10.1. The third-order valence-corrected chi connectivity index (χ3v) is 6.60. The molecule has 0 aliphatic heterocycles. The highest BCUT2D eigenvalue weighted by molar-refractivity contribution is 7.91. The number of amides is 2. The molecule has 0 spiro atoms. The van der Waals surface area contributed by atoms with Crippen molar-refractivity contribution in [1.29, 1.82) is 0 Å². The average molecular weight is 395 g/mol. The number of hydrogen-bond donors (Lipinski definition) is 4. The van der Waals surface area contributed by atoms with Gasteiger partial charge in [0.15, 0.2) is 0 Å². The molecule has 1 aromatic heterocycles. The minimum absolute atomic E-state index is 0.0265. The zero-order valence-electron chi connectivity index (χ0n) is 13.6. The summed E-state index contributed by atoms with van der Waals surface area (Å²) < 4.78 is 26.2. The van der Waals surface area contributed by atoms with Crippen LogP contribution in [0.3, 0.4) is 0 Å². The van der Waals surface area contributed by atoms with Gasteiger partial charge in [-0.25, -0.2) is 13.2 Å². The molecule has 1 fully saturated rings. The van der Waals surface area contributed by atoms with Gasteiger partial charge in [0.05, 0.1) is 0 Å². The van der Waals surface area contributed by atoms with Crippen LogP contribution in [-0.4, -0.2) is 38.1 Å². The van der Waals surface area contributed by atoms with E-state index in [9.17, 15) is 18.0 Å². The monoisotopic (exact) mass is 395 g/mol. The Morgan fingerprint density at radius 2 is 1.96 bits per heavy atom. The molecule has 0 unspecified atom stereocenters. The average Bonchev–Trinajstić information content (AvgIpc) is 3.24. The zero-order valence-corrected chi connectivity index (χ0v) is 15.2. The minimum atomic E-state index is -3.87. The highest BCUT2D eigenvalue weighted by Crippen LogP contribution is 2.32. The van der Waals surface area contributed by atoms with E-state index in [2.05, 4.69) is 10.6 Å². The maximum absolute atomic E-state index is 12.1. The second-order valence-electron chi connectivity index (χ2n) is 5.79. The van der Waals surface area contributed by atoms with Crippen molar-refractivity contribution >= 4 is 39.0 Å². The Kier molecular flexibility index (Phi) is 5.25. The summed E-state index contributed by atoms with van der Waals surface area (Å²) in [5.74, 6) is -1.26. The molecule has 0 atom stereocenters. The molecule has 10 heteroatoms. The van der Waals surface area contributed by atoms with E-state index in [1.807, 2.05) is 4.72 Å². The van der Waals surface area contributed by atoms with Gasteiger partial charge in [-0.15, -0.1) is 11.3 Å². The number of sulfonamides is 1. The third-order valence-electron chi connectivity index (χ3n) is 3.58. The van der Waals surface area contributed by atoms with E-state index in [1.165, 1.54) is 6.07 Å². The van der Waals surface area contributed by atoms with Crippen LogP contribution >= 0.6 is 11.3 Å². The molecule has 3 rings (SSSR count). The first-order valence-electron chi connectivity index (χ1n) is 7.83. The molecular formula is C16H17N3O5S2. The molecule has 0 radical (unpaired) electrons. The van der Waals surface area contributed by atoms with E-state index in [1.54, 1.807) is 30.3 Å². The number of benzene rings is 1. The molecule has 1 heterocycles. The molecule has 1 aromatic carbocycles. The molecule has 1 aliphatic rings. The van der Waals surface area contributed by atoms with Crippen LogP contribution in [0.25, 0.3) is 10.4 Å². The van der Waals surface area contributed by atoms with Gasteiger partial charge in [-0.05, 0) is 42.7 Å². The first kappa shape index (κ1) is 18.4. The second kappa shape index (κ2) is 7.44. The Morgan fingerprint density at radius 1 is 1.19 bits per heavy atom. The lowest BCUT2D eigenvalue weighted by Gasteiger charge is -2.07. The Bertz CT molecular complexity index is 935. The van der Waals surface area contributed by atoms with E-state index in [-0.39, 0.29) is 16.3 Å². The molecule has 1 aliphatic carbocycles. The van der Waals surface area contributed by atoms with Crippen LogP contribution in [0, 0.1) is 0 Å². The van der Waals surface area contributed by atoms with E-state index >= 15 is 0 Å². The van der Waals surface area contributed by atoms with E-state index < -0.39 is 22.5 Å². The van der Waals surface area contributed by atoms with Crippen LogP contribution in [-0.2, 0) is 14.8 Å². The zero-order chi connectivity index (χ0) is 18.7. The van der Waals surface area contributed by atoms with Crippen molar-refractivity contribution in [3.8, 4) is 10.4 Å². The normalized spacial score (nSPS) is 14.0. The third kappa shape index (κ3) is 4.81. The van der Waals surface area contributed by atoms with Gasteiger partial charge < -0.3 is 15.7 Å². The summed E-state index contributed by atoms with van der Waals surface area (Å²) in [6.45, 7) is -0.676. The van der Waals surface area contributed by atoms with Crippen LogP contribution in [0.2, 0.25) is 0 Å². The lowest BCUT2D eigenvalue weighted by molar-refractivity contribution is -0.135. The topological polar surface area (TPSA) is 125 Å². The number of thiophene rings is 1. The van der Waals surface area contributed by atoms with E-state index in [0.29, 0.717) is 10.6 Å². The number of rotatable bonds is 7. The quantitative estimate of drug-likeness (QED) is 0.571. The molecule has 0 saturated heterocycles. The van der Waals surface area contributed by atoms with Gasteiger partial charge in [0, 0.05) is 16.6 Å². The number of aliphatic carboxylic acids is 1. The second-order valence-corrected chi connectivity index (χ2v) is 8.87. The summed E-state index contributed by atoms with van der Waals surface area (Å²) in [5.41, 5.74) is 1.35. The summed E-state index contributed by atoms with van der Waals surface area (Å²) in [6.07, 6.45) is 1.99. The molecular weight excluding hydrogens is 378 g/mol. The summed E-state index contributed by atoms with van der Waals surface area (Å²) in [4.78, 5) is 23.0. The molecule has 2 amide bonds. The Morgan fingerprint density at radius 3 is 2.65 bits per heavy atom. The summed E-state index contributed by atoms with van der Waals surface area (Å²) >= 11 is 1.02. The lowest BCUT2D eigenvalue weighted by atomic mass is 10.1. The highest BCUT2D eigenvalue weighted by Gasteiger charge is 2.23. The van der Waals surface area contributed by atoms with Gasteiger partial charge >= 0.3 is 12.0 Å². The van der Waals surface area contributed by atoms with Crippen LogP contribution in [0.4, 0.5) is 10.5 Å². The fourth-order valence-electron chi connectivity index (χ4n) is 2.18. The summed E-state index contributed by atoms with van der Waals surface area (Å²) in [7, 11) is -3.87. The van der Waals surface area contributed by atoms with Gasteiger partial charge in [-0.3, -0.25) is 4.79 Å². The number of carboxylic acids is 1. The van der Waals surface area contributed by atoms with Crippen molar-refractivity contribution in [2.75, 3.05) is 11.9 Å². The molecule has 4 N–H and O–H groups in total. The molecule has 1 saturated carbocycles.